The maximum atomic E-state index is 6.02. The molecule has 2 N–H and O–H groups in total. The molecule has 8 nitrogen and oxygen atoms in total. The van der Waals surface area contributed by atoms with Crippen LogP contribution in [-0.2, 0) is 6.42 Å². The van der Waals surface area contributed by atoms with Gasteiger partial charge in [-0.1, -0.05) is 35.0 Å². The molecule has 0 aliphatic rings. The third-order valence-corrected chi connectivity index (χ3v) is 4.58. The lowest BCUT2D eigenvalue weighted by atomic mass is 10.2. The van der Waals surface area contributed by atoms with Gasteiger partial charge in [-0.2, -0.15) is 4.98 Å². The van der Waals surface area contributed by atoms with Crippen molar-refractivity contribution in [2.24, 2.45) is 4.99 Å². The summed E-state index contributed by atoms with van der Waals surface area (Å²) in [6.07, 6.45) is 0.492. The van der Waals surface area contributed by atoms with Crippen LogP contribution in [0, 0.1) is 0 Å². The number of nitrogens with one attached hydrogen (secondary N) is 2. The molecule has 1 atom stereocenters. The molecular formula is C22H26ClN5O3. The average Bonchev–Trinajstić information content (AvgIpc) is 3.25. The average molecular weight is 444 g/mol. The Morgan fingerprint density at radius 2 is 1.97 bits per heavy atom. The number of aliphatic imine (C=N–C) groups is 1. The van der Waals surface area contributed by atoms with Crippen molar-refractivity contribution in [3.05, 3.63) is 59.4 Å². The van der Waals surface area contributed by atoms with E-state index >= 15 is 0 Å². The van der Waals surface area contributed by atoms with E-state index in [2.05, 4.69) is 25.8 Å². The van der Waals surface area contributed by atoms with E-state index in [9.17, 15) is 0 Å². The second kappa shape index (κ2) is 11.2. The fraction of sp³-hybridized carbons (Fsp3) is 0.318. The number of nitrogens with zero attached hydrogens (tertiary/aromatic N) is 3. The fourth-order valence-corrected chi connectivity index (χ4v) is 2.99. The highest BCUT2D eigenvalue weighted by Gasteiger charge is 2.10. The molecule has 0 saturated carbocycles. The lowest BCUT2D eigenvalue weighted by Crippen LogP contribution is -2.42. The van der Waals surface area contributed by atoms with Crippen LogP contribution in [0.2, 0.25) is 5.02 Å². The molecule has 0 aliphatic heterocycles. The van der Waals surface area contributed by atoms with Crippen LogP contribution < -0.4 is 20.1 Å². The summed E-state index contributed by atoms with van der Waals surface area (Å²) in [6.45, 7) is 3.15. The number of hydrogen-bond acceptors (Lipinski definition) is 6. The number of benzene rings is 2. The summed E-state index contributed by atoms with van der Waals surface area (Å²) in [6, 6.07) is 14.9. The molecule has 3 aromatic rings. The first-order chi connectivity index (χ1) is 15.1. The van der Waals surface area contributed by atoms with E-state index in [4.69, 9.17) is 25.6 Å². The molecule has 164 valence electrons. The SMILES string of the molecule is CN=C(NCCc1nc(-c2cccc(Cl)c2)no1)NCC(C)Oc1cccc(OC)c1. The number of guanidine groups is 1. The largest absolute Gasteiger partial charge is 0.497 e. The van der Waals surface area contributed by atoms with Crippen LogP contribution in [0.15, 0.2) is 58.0 Å². The zero-order valence-corrected chi connectivity index (χ0v) is 18.5. The lowest BCUT2D eigenvalue weighted by molar-refractivity contribution is 0.223. The Bertz CT molecular complexity index is 1010. The molecule has 0 aliphatic carbocycles. The smallest absolute Gasteiger partial charge is 0.228 e. The predicted octanol–water partition coefficient (Wildman–Crippen LogP) is 3.57. The summed E-state index contributed by atoms with van der Waals surface area (Å²) < 4.78 is 16.5. The monoisotopic (exact) mass is 443 g/mol. The van der Waals surface area contributed by atoms with Crippen molar-refractivity contribution in [2.45, 2.75) is 19.4 Å². The van der Waals surface area contributed by atoms with Gasteiger partial charge in [0.05, 0.1) is 13.7 Å². The molecule has 0 bridgehead atoms. The van der Waals surface area contributed by atoms with Gasteiger partial charge < -0.3 is 24.6 Å². The number of aromatic nitrogens is 2. The van der Waals surface area contributed by atoms with Crippen LogP contribution in [0.4, 0.5) is 0 Å². The van der Waals surface area contributed by atoms with Gasteiger partial charge in [-0.15, -0.1) is 0 Å². The van der Waals surface area contributed by atoms with Gasteiger partial charge in [-0.3, -0.25) is 4.99 Å². The first-order valence-electron chi connectivity index (χ1n) is 9.91. The van der Waals surface area contributed by atoms with E-state index in [-0.39, 0.29) is 6.10 Å². The van der Waals surface area contributed by atoms with Gasteiger partial charge in [0.15, 0.2) is 5.96 Å². The van der Waals surface area contributed by atoms with E-state index in [0.29, 0.717) is 42.2 Å². The number of methoxy groups -OCH3 is 1. The van der Waals surface area contributed by atoms with Crippen LogP contribution in [-0.4, -0.2) is 49.5 Å². The second-order valence-corrected chi connectivity index (χ2v) is 7.20. The summed E-state index contributed by atoms with van der Waals surface area (Å²) >= 11 is 6.02. The molecule has 0 saturated heterocycles. The quantitative estimate of drug-likeness (QED) is 0.385. The highest BCUT2D eigenvalue weighted by atomic mass is 35.5. The summed E-state index contributed by atoms with van der Waals surface area (Å²) in [5, 5.41) is 11.1. The Hall–Kier alpha value is -3.26. The van der Waals surface area contributed by atoms with Crippen molar-refractivity contribution in [1.82, 2.24) is 20.8 Å². The van der Waals surface area contributed by atoms with E-state index in [0.717, 1.165) is 17.1 Å². The topological polar surface area (TPSA) is 93.8 Å². The summed E-state index contributed by atoms with van der Waals surface area (Å²) in [5.74, 6) is 3.23. The summed E-state index contributed by atoms with van der Waals surface area (Å²) in [5.41, 5.74) is 0.818. The summed E-state index contributed by atoms with van der Waals surface area (Å²) in [4.78, 5) is 8.64. The minimum Gasteiger partial charge on any atom is -0.497 e. The predicted molar refractivity (Wildman–Crippen MR) is 121 cm³/mol. The standard InChI is InChI=1S/C22H26ClN5O3/c1-15(30-19-9-5-8-18(13-19)29-3)14-26-22(24-2)25-11-10-20-27-21(28-31-20)16-6-4-7-17(23)12-16/h4-9,12-13,15H,10-11,14H2,1-3H3,(H2,24,25,26). The van der Waals surface area contributed by atoms with Crippen molar-refractivity contribution in [2.75, 3.05) is 27.2 Å². The molecule has 0 fully saturated rings. The maximum Gasteiger partial charge on any atom is 0.228 e. The van der Waals surface area contributed by atoms with Gasteiger partial charge in [0.1, 0.15) is 17.6 Å². The molecule has 3 rings (SSSR count). The van der Waals surface area contributed by atoms with Crippen molar-refractivity contribution in [3.63, 3.8) is 0 Å². The number of halogens is 1. The molecule has 0 amide bonds. The highest BCUT2D eigenvalue weighted by molar-refractivity contribution is 6.30. The van der Waals surface area contributed by atoms with E-state index in [1.165, 1.54) is 0 Å². The van der Waals surface area contributed by atoms with Crippen molar-refractivity contribution in [1.29, 1.82) is 0 Å². The first kappa shape index (κ1) is 22.4. The molecule has 1 aromatic heterocycles. The van der Waals surface area contributed by atoms with Gasteiger partial charge in [0.2, 0.25) is 11.7 Å². The minimum absolute atomic E-state index is 0.0677. The minimum atomic E-state index is -0.0677. The van der Waals surface area contributed by atoms with Crippen molar-refractivity contribution >= 4 is 17.6 Å². The Morgan fingerprint density at radius 1 is 1.16 bits per heavy atom. The Kier molecular flexibility index (Phi) is 8.12. The first-order valence-corrected chi connectivity index (χ1v) is 10.3. The molecule has 1 unspecified atom stereocenters. The van der Waals surface area contributed by atoms with Crippen molar-refractivity contribution < 1.29 is 14.0 Å². The van der Waals surface area contributed by atoms with Gasteiger partial charge in [-0.25, -0.2) is 0 Å². The fourth-order valence-electron chi connectivity index (χ4n) is 2.80. The van der Waals surface area contributed by atoms with Gasteiger partial charge in [0, 0.05) is 36.7 Å². The number of hydrogen-bond donors (Lipinski definition) is 2. The van der Waals surface area contributed by atoms with E-state index in [1.807, 2.05) is 43.3 Å². The maximum absolute atomic E-state index is 6.02. The molecular weight excluding hydrogens is 418 g/mol. The zero-order valence-electron chi connectivity index (χ0n) is 17.8. The second-order valence-electron chi connectivity index (χ2n) is 6.76. The third-order valence-electron chi connectivity index (χ3n) is 4.34. The highest BCUT2D eigenvalue weighted by Crippen LogP contribution is 2.20. The molecule has 0 radical (unpaired) electrons. The van der Waals surface area contributed by atoms with Crippen LogP contribution in [0.5, 0.6) is 11.5 Å². The van der Waals surface area contributed by atoms with Crippen LogP contribution in [0.3, 0.4) is 0 Å². The van der Waals surface area contributed by atoms with E-state index in [1.54, 1.807) is 26.3 Å². The van der Waals surface area contributed by atoms with Gasteiger partial charge >= 0.3 is 0 Å². The normalized spacial score (nSPS) is 12.3. The Morgan fingerprint density at radius 3 is 2.74 bits per heavy atom. The van der Waals surface area contributed by atoms with Gasteiger partial charge in [-0.05, 0) is 31.2 Å². The van der Waals surface area contributed by atoms with Crippen LogP contribution >= 0.6 is 11.6 Å². The van der Waals surface area contributed by atoms with Crippen molar-refractivity contribution in [3.8, 4) is 22.9 Å². The lowest BCUT2D eigenvalue weighted by Gasteiger charge is -2.18. The van der Waals surface area contributed by atoms with Gasteiger partial charge in [0.25, 0.3) is 0 Å². The third kappa shape index (κ3) is 6.89. The Balaban J connectivity index is 1.42. The molecule has 9 heteroatoms. The number of rotatable bonds is 9. The molecule has 31 heavy (non-hydrogen) atoms. The van der Waals surface area contributed by atoms with Crippen LogP contribution in [0.25, 0.3) is 11.4 Å². The number of ether oxygens (including phenoxy) is 2. The molecule has 1 heterocycles. The van der Waals surface area contributed by atoms with E-state index < -0.39 is 0 Å². The zero-order chi connectivity index (χ0) is 22.1. The summed E-state index contributed by atoms with van der Waals surface area (Å²) in [7, 11) is 3.35. The van der Waals surface area contributed by atoms with Crippen LogP contribution in [0.1, 0.15) is 12.8 Å². The molecule has 0 spiro atoms. The molecule has 2 aromatic carbocycles. The Labute approximate surface area is 186 Å².